The second-order valence-electron chi connectivity index (χ2n) is 5.88. The maximum atomic E-state index is 14.1. The first-order chi connectivity index (χ1) is 12.6. The molecule has 0 saturated carbocycles. The Morgan fingerprint density at radius 3 is 2.67 bits per heavy atom. The van der Waals surface area contributed by atoms with Crippen molar-refractivity contribution < 1.29 is 31.5 Å². The van der Waals surface area contributed by atoms with Gasteiger partial charge in [0.15, 0.2) is 6.10 Å². The van der Waals surface area contributed by atoms with E-state index in [2.05, 4.69) is 4.98 Å². The first-order valence-corrected chi connectivity index (χ1v) is 8.18. The van der Waals surface area contributed by atoms with Gasteiger partial charge in [-0.05, 0) is 36.6 Å². The fraction of sp³-hybridized carbons (Fsp3) is 0.294. The van der Waals surface area contributed by atoms with E-state index in [-0.39, 0.29) is 29.4 Å². The fourth-order valence-electron chi connectivity index (χ4n) is 2.76. The molecule has 0 bridgehead atoms. The standard InChI is InChI=1S/C17H12ClF5N2O2/c18-14-6-11(9-2-1-8(19)5-12(9)20)10-3-4-13(27-16(10)25-14)15(26)24-7-17(21,22)23/h1-2,5-6,13H,3-4,7H2,(H,24,26). The summed E-state index contributed by atoms with van der Waals surface area (Å²) in [6.45, 7) is -1.48. The van der Waals surface area contributed by atoms with Gasteiger partial charge in [0.2, 0.25) is 5.88 Å². The summed E-state index contributed by atoms with van der Waals surface area (Å²) in [4.78, 5) is 15.8. The van der Waals surface area contributed by atoms with Gasteiger partial charge < -0.3 is 10.1 Å². The van der Waals surface area contributed by atoms with Gasteiger partial charge in [-0.1, -0.05) is 11.6 Å². The van der Waals surface area contributed by atoms with E-state index >= 15 is 0 Å². The highest BCUT2D eigenvalue weighted by Gasteiger charge is 2.33. The molecule has 0 fully saturated rings. The number of fused-ring (bicyclic) bond motifs is 1. The van der Waals surface area contributed by atoms with Crippen molar-refractivity contribution >= 4 is 17.5 Å². The minimum atomic E-state index is -4.54. The Labute approximate surface area is 155 Å². The maximum absolute atomic E-state index is 14.1. The number of rotatable bonds is 3. The number of benzene rings is 1. The highest BCUT2D eigenvalue weighted by atomic mass is 35.5. The van der Waals surface area contributed by atoms with E-state index in [9.17, 15) is 26.7 Å². The lowest BCUT2D eigenvalue weighted by Gasteiger charge is -2.26. The SMILES string of the molecule is O=C(NCC(F)(F)F)C1CCc2c(-c3ccc(F)cc3F)cc(Cl)nc2O1. The third-order valence-electron chi connectivity index (χ3n) is 3.94. The van der Waals surface area contributed by atoms with Crippen LogP contribution in [-0.4, -0.2) is 29.7 Å². The molecule has 2 aromatic rings. The molecule has 4 nitrogen and oxygen atoms in total. The average Bonchev–Trinajstić information content (AvgIpc) is 2.58. The van der Waals surface area contributed by atoms with Crippen LogP contribution in [0, 0.1) is 11.6 Å². The van der Waals surface area contributed by atoms with Crippen LogP contribution in [-0.2, 0) is 11.2 Å². The molecule has 1 aliphatic rings. The number of alkyl halides is 3. The molecular formula is C17H12ClF5N2O2. The van der Waals surface area contributed by atoms with Crippen molar-refractivity contribution in [1.29, 1.82) is 0 Å². The van der Waals surface area contributed by atoms with Crippen molar-refractivity contribution in [3.8, 4) is 17.0 Å². The zero-order valence-electron chi connectivity index (χ0n) is 13.5. The molecule has 1 unspecified atom stereocenters. The van der Waals surface area contributed by atoms with Gasteiger partial charge in [0, 0.05) is 17.2 Å². The number of amides is 1. The largest absolute Gasteiger partial charge is 0.464 e. The maximum Gasteiger partial charge on any atom is 0.405 e. The molecular weight excluding hydrogens is 395 g/mol. The number of halogens is 6. The number of hydrogen-bond donors (Lipinski definition) is 1. The molecule has 144 valence electrons. The quantitative estimate of drug-likeness (QED) is 0.618. The number of nitrogens with zero attached hydrogens (tertiary/aromatic N) is 1. The molecule has 10 heteroatoms. The van der Waals surface area contributed by atoms with Crippen LogP contribution < -0.4 is 10.1 Å². The number of ether oxygens (including phenoxy) is 1. The number of pyridine rings is 1. The van der Waals surface area contributed by atoms with Gasteiger partial charge in [-0.25, -0.2) is 13.8 Å². The molecule has 1 atom stereocenters. The summed E-state index contributed by atoms with van der Waals surface area (Å²) in [6, 6.07) is 4.41. The number of carbonyl (C=O) groups excluding carboxylic acids is 1. The van der Waals surface area contributed by atoms with Gasteiger partial charge in [-0.2, -0.15) is 13.2 Å². The van der Waals surface area contributed by atoms with Gasteiger partial charge in [-0.15, -0.1) is 0 Å². The highest BCUT2D eigenvalue weighted by Crippen LogP contribution is 2.37. The van der Waals surface area contributed by atoms with Crippen LogP contribution in [0.5, 0.6) is 5.88 Å². The van der Waals surface area contributed by atoms with E-state index in [1.807, 2.05) is 0 Å². The van der Waals surface area contributed by atoms with E-state index in [1.165, 1.54) is 12.1 Å². The topological polar surface area (TPSA) is 51.2 Å². The van der Waals surface area contributed by atoms with Gasteiger partial charge in [0.1, 0.15) is 23.3 Å². The Morgan fingerprint density at radius 1 is 1.26 bits per heavy atom. The molecule has 0 spiro atoms. The van der Waals surface area contributed by atoms with Crippen LogP contribution in [0.1, 0.15) is 12.0 Å². The van der Waals surface area contributed by atoms with Crippen molar-refractivity contribution in [1.82, 2.24) is 10.3 Å². The molecule has 2 heterocycles. The number of hydrogen-bond acceptors (Lipinski definition) is 3. The van der Waals surface area contributed by atoms with Crippen LogP contribution in [0.25, 0.3) is 11.1 Å². The molecule has 1 amide bonds. The summed E-state index contributed by atoms with van der Waals surface area (Å²) >= 11 is 5.93. The zero-order valence-corrected chi connectivity index (χ0v) is 14.3. The van der Waals surface area contributed by atoms with Crippen LogP contribution in [0.15, 0.2) is 24.3 Å². The minimum Gasteiger partial charge on any atom is -0.464 e. The fourth-order valence-corrected chi connectivity index (χ4v) is 2.95. The Balaban J connectivity index is 1.88. The van der Waals surface area contributed by atoms with Crippen LogP contribution >= 0.6 is 11.6 Å². The summed E-state index contributed by atoms with van der Waals surface area (Å²) in [5.41, 5.74) is 0.821. The van der Waals surface area contributed by atoms with Crippen LogP contribution in [0.2, 0.25) is 5.15 Å². The third-order valence-corrected chi connectivity index (χ3v) is 4.14. The third kappa shape index (κ3) is 4.47. The molecule has 1 aliphatic heterocycles. The number of carbonyl (C=O) groups is 1. The molecule has 3 rings (SSSR count). The summed E-state index contributed by atoms with van der Waals surface area (Å²) in [5.74, 6) is -2.57. The Kier molecular flexibility index (Phi) is 5.23. The zero-order chi connectivity index (χ0) is 19.8. The van der Waals surface area contributed by atoms with E-state index < -0.39 is 36.4 Å². The van der Waals surface area contributed by atoms with Gasteiger partial charge in [0.25, 0.3) is 5.91 Å². The van der Waals surface area contributed by atoms with E-state index in [0.29, 0.717) is 17.2 Å². The van der Waals surface area contributed by atoms with Crippen LogP contribution in [0.4, 0.5) is 22.0 Å². The van der Waals surface area contributed by atoms with Crippen molar-refractivity contribution in [3.05, 3.63) is 46.6 Å². The van der Waals surface area contributed by atoms with Crippen LogP contribution in [0.3, 0.4) is 0 Å². The Bertz CT molecular complexity index is 888. The second kappa shape index (κ2) is 7.30. The first-order valence-electron chi connectivity index (χ1n) is 7.80. The minimum absolute atomic E-state index is 0.0653. The molecule has 1 aromatic heterocycles. The number of aromatic nitrogens is 1. The van der Waals surface area contributed by atoms with E-state index in [4.69, 9.17) is 16.3 Å². The summed E-state index contributed by atoms with van der Waals surface area (Å²) in [7, 11) is 0. The summed E-state index contributed by atoms with van der Waals surface area (Å²) in [5, 5.41) is 1.68. The smallest absolute Gasteiger partial charge is 0.405 e. The van der Waals surface area contributed by atoms with Crippen molar-refractivity contribution in [3.63, 3.8) is 0 Å². The predicted octanol–water partition coefficient (Wildman–Crippen LogP) is 4.05. The van der Waals surface area contributed by atoms with E-state index in [1.54, 1.807) is 5.32 Å². The predicted molar refractivity (Wildman–Crippen MR) is 86.4 cm³/mol. The van der Waals surface area contributed by atoms with Crippen molar-refractivity contribution in [2.24, 2.45) is 0 Å². The Morgan fingerprint density at radius 2 is 2.00 bits per heavy atom. The monoisotopic (exact) mass is 406 g/mol. The van der Waals surface area contributed by atoms with Gasteiger partial charge >= 0.3 is 6.18 Å². The summed E-state index contributed by atoms with van der Waals surface area (Å²) < 4.78 is 69.4. The molecule has 1 N–H and O–H groups in total. The summed E-state index contributed by atoms with van der Waals surface area (Å²) in [6.07, 6.45) is -5.47. The van der Waals surface area contributed by atoms with Crippen molar-refractivity contribution in [2.45, 2.75) is 25.1 Å². The lowest BCUT2D eigenvalue weighted by molar-refractivity contribution is -0.143. The normalized spacial score (nSPS) is 16.4. The molecule has 0 saturated heterocycles. The number of nitrogens with one attached hydrogen (secondary N) is 1. The van der Waals surface area contributed by atoms with E-state index in [0.717, 1.165) is 6.07 Å². The van der Waals surface area contributed by atoms with Gasteiger partial charge in [0.05, 0.1) is 0 Å². The highest BCUT2D eigenvalue weighted by molar-refractivity contribution is 6.29. The average molecular weight is 407 g/mol. The first kappa shape index (κ1) is 19.3. The molecule has 27 heavy (non-hydrogen) atoms. The van der Waals surface area contributed by atoms with Gasteiger partial charge in [-0.3, -0.25) is 4.79 Å². The van der Waals surface area contributed by atoms with Crippen molar-refractivity contribution in [2.75, 3.05) is 6.54 Å². The molecule has 1 aromatic carbocycles. The lowest BCUT2D eigenvalue weighted by atomic mass is 9.94. The second-order valence-corrected chi connectivity index (χ2v) is 6.27. The Hall–Kier alpha value is -2.42. The molecule has 0 radical (unpaired) electrons. The molecule has 0 aliphatic carbocycles. The lowest BCUT2D eigenvalue weighted by Crippen LogP contribution is -2.44.